The van der Waals surface area contributed by atoms with Gasteiger partial charge in [0.2, 0.25) is 6.41 Å². The van der Waals surface area contributed by atoms with Gasteiger partial charge >= 0.3 is 0 Å². The van der Waals surface area contributed by atoms with E-state index in [1.165, 1.54) is 0 Å². The van der Waals surface area contributed by atoms with Gasteiger partial charge in [-0.25, -0.2) is 0 Å². The topological polar surface area (TPSA) is 20.3 Å². The van der Waals surface area contributed by atoms with E-state index in [1.807, 2.05) is 16.9 Å². The Morgan fingerprint density at radius 2 is 2.44 bits per heavy atom. The van der Waals surface area contributed by atoms with E-state index in [-0.39, 0.29) is 0 Å². The van der Waals surface area contributed by atoms with E-state index < -0.39 is 0 Å². The van der Waals surface area contributed by atoms with Gasteiger partial charge < -0.3 is 4.90 Å². The molecule has 0 atom stereocenters. The van der Waals surface area contributed by atoms with Crippen LogP contribution in [0.15, 0.2) is 23.1 Å². The maximum absolute atomic E-state index is 10.1. The second-order valence-corrected chi connectivity index (χ2v) is 2.41. The summed E-state index contributed by atoms with van der Waals surface area (Å²) in [6.45, 7) is 0.687. The van der Waals surface area contributed by atoms with Crippen molar-refractivity contribution in [3.63, 3.8) is 0 Å². The highest BCUT2D eigenvalue weighted by Crippen LogP contribution is 2.07. The highest BCUT2D eigenvalue weighted by Gasteiger charge is 1.93. The lowest BCUT2D eigenvalue weighted by Crippen LogP contribution is -2.13. The maximum Gasteiger partial charge on any atom is 0.213 e. The summed E-state index contributed by atoms with van der Waals surface area (Å²) < 4.78 is 0. The minimum absolute atomic E-state index is 0.687. The summed E-state index contributed by atoms with van der Waals surface area (Å²) >= 11 is 1.57. The molecule has 1 aliphatic rings. The van der Waals surface area contributed by atoms with Gasteiger partial charge in [0.1, 0.15) is 0 Å². The number of hydrogen-bond acceptors (Lipinski definition) is 2. The summed E-state index contributed by atoms with van der Waals surface area (Å²) in [4.78, 5) is 11.7. The van der Waals surface area contributed by atoms with Crippen LogP contribution in [0.3, 0.4) is 0 Å². The van der Waals surface area contributed by atoms with Crippen LogP contribution in [0.4, 0.5) is 0 Å². The van der Waals surface area contributed by atoms with E-state index in [0.29, 0.717) is 6.54 Å². The number of thioether (sulfide) groups is 1. The smallest absolute Gasteiger partial charge is 0.213 e. The Hall–Kier alpha value is -0.700. The molecule has 9 heavy (non-hydrogen) atoms. The third-order valence-corrected chi connectivity index (χ3v) is 1.59. The lowest BCUT2D eigenvalue weighted by Gasteiger charge is -2.04. The SMILES string of the molecule is O=CN1C=CSC=CC1. The monoisotopic (exact) mass is 141 g/mol. The number of amides is 1. The predicted molar refractivity (Wildman–Crippen MR) is 38.6 cm³/mol. The number of carbonyl (C=O) groups is 1. The van der Waals surface area contributed by atoms with Gasteiger partial charge in [-0.3, -0.25) is 4.79 Å². The van der Waals surface area contributed by atoms with Crippen LogP contribution < -0.4 is 0 Å². The molecule has 1 amide bonds. The lowest BCUT2D eigenvalue weighted by molar-refractivity contribution is -0.115. The molecule has 0 radical (unpaired) electrons. The summed E-state index contributed by atoms with van der Waals surface area (Å²) in [5.41, 5.74) is 0. The summed E-state index contributed by atoms with van der Waals surface area (Å²) in [7, 11) is 0. The summed E-state index contributed by atoms with van der Waals surface area (Å²) in [6, 6.07) is 0. The zero-order chi connectivity index (χ0) is 6.53. The van der Waals surface area contributed by atoms with Gasteiger partial charge in [-0.1, -0.05) is 6.08 Å². The number of carbonyl (C=O) groups excluding carboxylic acids is 1. The number of nitrogens with zero attached hydrogens (tertiary/aromatic N) is 1. The van der Waals surface area contributed by atoms with Crippen molar-refractivity contribution in [3.05, 3.63) is 23.1 Å². The molecule has 0 bridgehead atoms. The normalized spacial score (nSPS) is 17.6. The molecule has 2 nitrogen and oxygen atoms in total. The lowest BCUT2D eigenvalue weighted by atomic mass is 10.6. The minimum Gasteiger partial charge on any atom is -0.317 e. The Morgan fingerprint density at radius 3 is 3.22 bits per heavy atom. The highest BCUT2D eigenvalue weighted by atomic mass is 32.2. The van der Waals surface area contributed by atoms with Crippen molar-refractivity contribution in [2.24, 2.45) is 0 Å². The molecule has 0 unspecified atom stereocenters. The molecule has 0 N–H and O–H groups in total. The second kappa shape index (κ2) is 3.35. The Kier molecular flexibility index (Phi) is 2.39. The molecule has 0 aliphatic carbocycles. The minimum atomic E-state index is 0.687. The van der Waals surface area contributed by atoms with Gasteiger partial charge in [-0.05, 0) is 10.8 Å². The average Bonchev–Trinajstić information content (AvgIpc) is 2.13. The Balaban J connectivity index is 2.54. The van der Waals surface area contributed by atoms with E-state index >= 15 is 0 Å². The van der Waals surface area contributed by atoms with Crippen molar-refractivity contribution in [2.45, 2.75) is 0 Å². The third kappa shape index (κ3) is 1.93. The van der Waals surface area contributed by atoms with Crippen molar-refractivity contribution < 1.29 is 4.79 Å². The van der Waals surface area contributed by atoms with Crippen LogP contribution in [0.5, 0.6) is 0 Å². The molecule has 1 heterocycles. The molecule has 0 aromatic rings. The fraction of sp³-hybridized carbons (Fsp3) is 0.167. The van der Waals surface area contributed by atoms with E-state index in [0.717, 1.165) is 6.41 Å². The zero-order valence-corrected chi connectivity index (χ0v) is 5.67. The number of hydrogen-bond donors (Lipinski definition) is 0. The quantitative estimate of drug-likeness (QED) is 0.511. The first kappa shape index (κ1) is 6.42. The van der Waals surface area contributed by atoms with Crippen molar-refractivity contribution in [2.75, 3.05) is 6.54 Å². The molecule has 0 aromatic heterocycles. The molecule has 1 rings (SSSR count). The van der Waals surface area contributed by atoms with Crippen molar-refractivity contribution in [1.82, 2.24) is 4.90 Å². The highest BCUT2D eigenvalue weighted by molar-refractivity contribution is 8.04. The first-order valence-corrected chi connectivity index (χ1v) is 3.56. The first-order valence-electron chi connectivity index (χ1n) is 2.61. The molecule has 48 valence electrons. The van der Waals surface area contributed by atoms with Crippen LogP contribution in [-0.2, 0) is 4.79 Å². The summed E-state index contributed by atoms with van der Waals surface area (Å²) in [5, 5.41) is 3.83. The van der Waals surface area contributed by atoms with Crippen molar-refractivity contribution >= 4 is 18.2 Å². The Morgan fingerprint density at radius 1 is 1.56 bits per heavy atom. The van der Waals surface area contributed by atoms with Crippen LogP contribution in [-0.4, -0.2) is 17.9 Å². The summed E-state index contributed by atoms with van der Waals surface area (Å²) in [6.07, 6.45) is 4.52. The molecular formula is C6H7NOS. The fourth-order valence-corrected chi connectivity index (χ4v) is 1.03. The van der Waals surface area contributed by atoms with Crippen LogP contribution in [0.2, 0.25) is 0 Å². The van der Waals surface area contributed by atoms with Crippen LogP contribution in [0.1, 0.15) is 0 Å². The standard InChI is InChI=1S/C6H7NOS/c8-6-7-2-1-4-9-5-3-7/h1,3-6H,2H2. The van der Waals surface area contributed by atoms with Crippen LogP contribution in [0, 0.1) is 0 Å². The molecule has 0 saturated carbocycles. The van der Waals surface area contributed by atoms with E-state index in [9.17, 15) is 4.79 Å². The van der Waals surface area contributed by atoms with Gasteiger partial charge in [-0.15, -0.1) is 11.8 Å². The van der Waals surface area contributed by atoms with Gasteiger partial charge in [0.15, 0.2) is 0 Å². The summed E-state index contributed by atoms with van der Waals surface area (Å²) in [5.74, 6) is 0. The molecule has 0 spiro atoms. The Labute approximate surface area is 58.2 Å². The molecule has 0 saturated heterocycles. The van der Waals surface area contributed by atoms with Crippen molar-refractivity contribution in [3.8, 4) is 0 Å². The van der Waals surface area contributed by atoms with Crippen LogP contribution >= 0.6 is 11.8 Å². The van der Waals surface area contributed by atoms with Gasteiger partial charge in [-0.2, -0.15) is 0 Å². The second-order valence-electron chi connectivity index (χ2n) is 1.60. The molecular weight excluding hydrogens is 134 g/mol. The van der Waals surface area contributed by atoms with Gasteiger partial charge in [0.05, 0.1) is 0 Å². The van der Waals surface area contributed by atoms with Gasteiger partial charge in [0.25, 0.3) is 0 Å². The van der Waals surface area contributed by atoms with E-state index in [2.05, 4.69) is 0 Å². The number of rotatable bonds is 1. The predicted octanol–water partition coefficient (Wildman–Crippen LogP) is 1.18. The molecule has 3 heteroatoms. The van der Waals surface area contributed by atoms with Gasteiger partial charge in [0, 0.05) is 12.7 Å². The molecule has 0 aromatic carbocycles. The van der Waals surface area contributed by atoms with Crippen LogP contribution in [0.25, 0.3) is 0 Å². The molecule has 1 aliphatic heterocycles. The van der Waals surface area contributed by atoms with Crippen molar-refractivity contribution in [1.29, 1.82) is 0 Å². The van der Waals surface area contributed by atoms with E-state index in [1.54, 1.807) is 22.9 Å². The van der Waals surface area contributed by atoms with E-state index in [4.69, 9.17) is 0 Å². The molecule has 0 fully saturated rings. The maximum atomic E-state index is 10.1. The average molecular weight is 141 g/mol. The largest absolute Gasteiger partial charge is 0.317 e. The zero-order valence-electron chi connectivity index (χ0n) is 4.86. The third-order valence-electron chi connectivity index (χ3n) is 0.957. The fourth-order valence-electron chi connectivity index (χ4n) is 0.518. The Bertz CT molecular complexity index is 153. The first-order chi connectivity index (χ1) is 4.43.